The third-order valence-electron chi connectivity index (χ3n) is 5.28. The molecule has 1 aliphatic rings. The molecule has 0 aliphatic carbocycles. The highest BCUT2D eigenvalue weighted by atomic mass is 32.2. The topological polar surface area (TPSA) is 93.5 Å². The molecule has 1 saturated heterocycles. The van der Waals surface area contributed by atoms with Crippen LogP contribution in [0.3, 0.4) is 0 Å². The van der Waals surface area contributed by atoms with E-state index >= 15 is 0 Å². The molecule has 4 heterocycles. The number of aromatic nitrogens is 6. The molecule has 9 nitrogen and oxygen atoms in total. The molecular weight excluding hydrogens is 426 g/mol. The van der Waals surface area contributed by atoms with E-state index in [0.717, 1.165) is 42.4 Å². The number of rotatable bonds is 7. The highest BCUT2D eigenvalue weighted by Crippen LogP contribution is 2.19. The van der Waals surface area contributed by atoms with Crippen LogP contribution in [0.15, 0.2) is 47.8 Å². The average molecular weight is 452 g/mol. The molecule has 4 aromatic rings. The lowest BCUT2D eigenvalue weighted by atomic mass is 10.2. The molecule has 3 aromatic heterocycles. The fourth-order valence-electron chi connectivity index (χ4n) is 3.75. The Morgan fingerprint density at radius 2 is 2.12 bits per heavy atom. The molecule has 0 bridgehead atoms. The van der Waals surface area contributed by atoms with Gasteiger partial charge in [-0.2, -0.15) is 9.50 Å². The fourth-order valence-corrected chi connectivity index (χ4v) is 4.09. The SMILES string of the molecule is CSc1nc2nc(C)cc(OCC3CN(Cc4cnc(-c5ccccc5)[nH]4)CCO3)n2n1. The van der Waals surface area contributed by atoms with Gasteiger partial charge < -0.3 is 14.5 Å². The molecule has 1 atom stereocenters. The molecule has 10 heteroatoms. The van der Waals surface area contributed by atoms with Crippen molar-refractivity contribution in [2.45, 2.75) is 24.7 Å². The van der Waals surface area contributed by atoms with E-state index in [1.165, 1.54) is 11.8 Å². The first kappa shape index (κ1) is 20.9. The number of imidazole rings is 1. The summed E-state index contributed by atoms with van der Waals surface area (Å²) in [5.74, 6) is 2.06. The molecule has 32 heavy (non-hydrogen) atoms. The minimum atomic E-state index is -0.0349. The number of nitrogens with one attached hydrogen (secondary N) is 1. The summed E-state index contributed by atoms with van der Waals surface area (Å²) in [5.41, 5.74) is 3.01. The number of fused-ring (bicyclic) bond motifs is 1. The normalized spacial score (nSPS) is 17.1. The molecular formula is C22H25N7O2S. The van der Waals surface area contributed by atoms with Crippen LogP contribution in [0, 0.1) is 6.92 Å². The van der Waals surface area contributed by atoms with Crippen molar-refractivity contribution in [3.05, 3.63) is 54.0 Å². The number of aryl methyl sites for hydroxylation is 1. The number of morpholine rings is 1. The number of ether oxygens (including phenoxy) is 2. The zero-order chi connectivity index (χ0) is 21.9. The van der Waals surface area contributed by atoms with Crippen LogP contribution in [0.25, 0.3) is 17.2 Å². The zero-order valence-electron chi connectivity index (χ0n) is 18.1. The van der Waals surface area contributed by atoms with Gasteiger partial charge in [0.05, 0.1) is 6.61 Å². The maximum atomic E-state index is 6.10. The molecule has 0 saturated carbocycles. The van der Waals surface area contributed by atoms with E-state index in [1.54, 1.807) is 4.52 Å². The Labute approximate surface area is 190 Å². The highest BCUT2D eigenvalue weighted by molar-refractivity contribution is 7.98. The van der Waals surface area contributed by atoms with Gasteiger partial charge in [-0.15, -0.1) is 5.10 Å². The van der Waals surface area contributed by atoms with Crippen LogP contribution in [0.2, 0.25) is 0 Å². The van der Waals surface area contributed by atoms with Crippen LogP contribution in [0.5, 0.6) is 5.88 Å². The minimum absolute atomic E-state index is 0.0349. The molecule has 0 amide bonds. The van der Waals surface area contributed by atoms with Crippen molar-refractivity contribution in [2.75, 3.05) is 32.6 Å². The third kappa shape index (κ3) is 4.62. The molecule has 1 fully saturated rings. The zero-order valence-corrected chi connectivity index (χ0v) is 18.9. The number of nitrogens with zero attached hydrogens (tertiary/aromatic N) is 6. The Morgan fingerprint density at radius 1 is 1.25 bits per heavy atom. The number of H-pyrrole nitrogens is 1. The fraction of sp³-hybridized carbons (Fsp3) is 0.364. The van der Waals surface area contributed by atoms with Crippen LogP contribution in [-0.2, 0) is 11.3 Å². The van der Waals surface area contributed by atoms with Crippen LogP contribution >= 0.6 is 11.8 Å². The second-order valence-electron chi connectivity index (χ2n) is 7.71. The van der Waals surface area contributed by atoms with Gasteiger partial charge in [0.25, 0.3) is 5.78 Å². The molecule has 5 rings (SSSR count). The van der Waals surface area contributed by atoms with E-state index in [0.29, 0.717) is 30.0 Å². The first-order valence-corrected chi connectivity index (χ1v) is 11.7. The van der Waals surface area contributed by atoms with Crippen molar-refractivity contribution in [2.24, 2.45) is 0 Å². The molecule has 1 N–H and O–H groups in total. The van der Waals surface area contributed by atoms with Gasteiger partial charge in [-0.25, -0.2) is 9.97 Å². The van der Waals surface area contributed by atoms with E-state index in [-0.39, 0.29) is 6.10 Å². The predicted molar refractivity (Wildman–Crippen MR) is 122 cm³/mol. The highest BCUT2D eigenvalue weighted by Gasteiger charge is 2.22. The van der Waals surface area contributed by atoms with Crippen molar-refractivity contribution in [3.63, 3.8) is 0 Å². The van der Waals surface area contributed by atoms with E-state index in [1.807, 2.05) is 43.6 Å². The van der Waals surface area contributed by atoms with Crippen LogP contribution < -0.4 is 4.74 Å². The van der Waals surface area contributed by atoms with Crippen LogP contribution in [0.1, 0.15) is 11.4 Å². The summed E-state index contributed by atoms with van der Waals surface area (Å²) < 4.78 is 13.7. The van der Waals surface area contributed by atoms with E-state index in [2.05, 4.69) is 42.1 Å². The first-order chi connectivity index (χ1) is 15.7. The summed E-state index contributed by atoms with van der Waals surface area (Å²) in [7, 11) is 0. The van der Waals surface area contributed by atoms with Gasteiger partial charge in [0.15, 0.2) is 0 Å². The van der Waals surface area contributed by atoms with Gasteiger partial charge in [-0.05, 0) is 13.2 Å². The minimum Gasteiger partial charge on any atom is -0.475 e. The van der Waals surface area contributed by atoms with Gasteiger partial charge in [0.1, 0.15) is 18.5 Å². The maximum absolute atomic E-state index is 6.10. The average Bonchev–Trinajstić information content (AvgIpc) is 3.45. The Kier molecular flexibility index (Phi) is 6.06. The molecule has 1 aromatic carbocycles. The van der Waals surface area contributed by atoms with Crippen molar-refractivity contribution in [3.8, 4) is 17.3 Å². The maximum Gasteiger partial charge on any atom is 0.256 e. The monoisotopic (exact) mass is 451 g/mol. The van der Waals surface area contributed by atoms with Crippen molar-refractivity contribution in [1.29, 1.82) is 0 Å². The summed E-state index contributed by atoms with van der Waals surface area (Å²) in [6.45, 7) is 5.46. The van der Waals surface area contributed by atoms with Crippen molar-refractivity contribution in [1.82, 2.24) is 34.4 Å². The lowest BCUT2D eigenvalue weighted by Gasteiger charge is -2.32. The molecule has 1 aliphatic heterocycles. The molecule has 166 valence electrons. The molecule has 0 radical (unpaired) electrons. The number of hydrogen-bond acceptors (Lipinski definition) is 8. The number of aromatic amines is 1. The summed E-state index contributed by atoms with van der Waals surface area (Å²) in [6.07, 6.45) is 3.82. The molecule has 0 spiro atoms. The Balaban J connectivity index is 1.21. The number of hydrogen-bond donors (Lipinski definition) is 1. The second-order valence-corrected chi connectivity index (χ2v) is 8.48. The summed E-state index contributed by atoms with van der Waals surface area (Å²) in [4.78, 5) is 19.2. The van der Waals surface area contributed by atoms with E-state index < -0.39 is 0 Å². The van der Waals surface area contributed by atoms with Crippen LogP contribution in [0.4, 0.5) is 0 Å². The predicted octanol–water partition coefficient (Wildman–Crippen LogP) is 2.82. The number of benzene rings is 1. The van der Waals surface area contributed by atoms with Gasteiger partial charge in [-0.3, -0.25) is 4.90 Å². The van der Waals surface area contributed by atoms with Crippen LogP contribution in [-0.4, -0.2) is 73.1 Å². The second kappa shape index (κ2) is 9.27. The van der Waals surface area contributed by atoms with Crippen molar-refractivity contribution < 1.29 is 9.47 Å². The summed E-state index contributed by atoms with van der Waals surface area (Å²) in [6, 6.07) is 12.0. The lowest BCUT2D eigenvalue weighted by molar-refractivity contribution is -0.0515. The Morgan fingerprint density at radius 3 is 2.97 bits per heavy atom. The van der Waals surface area contributed by atoms with Gasteiger partial charge in [-0.1, -0.05) is 42.1 Å². The lowest BCUT2D eigenvalue weighted by Crippen LogP contribution is -2.44. The Bertz CT molecular complexity index is 1190. The van der Waals surface area contributed by atoms with Gasteiger partial charge in [0.2, 0.25) is 11.0 Å². The van der Waals surface area contributed by atoms with Crippen molar-refractivity contribution >= 4 is 17.5 Å². The number of thioether (sulfide) groups is 1. The van der Waals surface area contributed by atoms with Gasteiger partial charge >= 0.3 is 0 Å². The van der Waals surface area contributed by atoms with E-state index in [4.69, 9.17) is 9.47 Å². The van der Waals surface area contributed by atoms with E-state index in [9.17, 15) is 0 Å². The Hall–Kier alpha value is -2.95. The quantitative estimate of drug-likeness (QED) is 0.429. The third-order valence-corrected chi connectivity index (χ3v) is 5.82. The summed E-state index contributed by atoms with van der Waals surface area (Å²) >= 11 is 1.48. The van der Waals surface area contributed by atoms with Gasteiger partial charge in [0, 0.05) is 48.8 Å². The largest absolute Gasteiger partial charge is 0.475 e. The molecule has 1 unspecified atom stereocenters. The summed E-state index contributed by atoms with van der Waals surface area (Å²) in [5, 5.41) is 5.12. The smallest absolute Gasteiger partial charge is 0.256 e. The standard InChI is InChI=1S/C22H25N7O2S/c1-15-10-19(29-21(24-15)26-22(27-29)32-2)31-14-18-13-28(8-9-30-18)12-17-11-23-20(25-17)16-6-4-3-5-7-16/h3-7,10-11,18H,8-9,12-14H2,1-2H3,(H,23,25). The first-order valence-electron chi connectivity index (χ1n) is 10.5.